The van der Waals surface area contributed by atoms with Crippen molar-refractivity contribution in [3.8, 4) is 5.75 Å². The van der Waals surface area contributed by atoms with Crippen LogP contribution >= 0.6 is 11.6 Å². The fourth-order valence-electron chi connectivity index (χ4n) is 1.90. The molecular formula is C15H15ClN2O2. The first kappa shape index (κ1) is 14.2. The molecule has 0 aliphatic carbocycles. The van der Waals surface area contributed by atoms with Crippen LogP contribution < -0.4 is 10.6 Å². The van der Waals surface area contributed by atoms with Gasteiger partial charge in [0.25, 0.3) is 0 Å². The second-order valence-corrected chi connectivity index (χ2v) is 4.94. The van der Waals surface area contributed by atoms with Crippen molar-refractivity contribution in [2.24, 2.45) is 0 Å². The fraction of sp³-hybridized carbons (Fsp3) is 0.133. The molecule has 2 rings (SSSR count). The van der Waals surface area contributed by atoms with Gasteiger partial charge in [-0.05, 0) is 35.9 Å². The maximum atomic E-state index is 12.2. The minimum atomic E-state index is -0.135. The number of nitrogens with two attached hydrogens (primary N) is 1. The Kier molecular flexibility index (Phi) is 4.15. The van der Waals surface area contributed by atoms with Crippen molar-refractivity contribution < 1.29 is 9.90 Å². The van der Waals surface area contributed by atoms with E-state index < -0.39 is 0 Å². The maximum Gasteiger partial charge on any atom is 0.231 e. The highest BCUT2D eigenvalue weighted by Gasteiger charge is 2.14. The lowest BCUT2D eigenvalue weighted by molar-refractivity contribution is -0.117. The lowest BCUT2D eigenvalue weighted by Gasteiger charge is -2.19. The smallest absolute Gasteiger partial charge is 0.231 e. The first-order valence-electron chi connectivity index (χ1n) is 6.07. The molecule has 3 N–H and O–H groups in total. The van der Waals surface area contributed by atoms with Crippen LogP contribution in [0.25, 0.3) is 0 Å². The number of nitrogen functional groups attached to an aromatic ring is 1. The molecule has 0 aliphatic rings. The SMILES string of the molecule is CN(C(=O)Cc1cccc(O)c1)c1cc(Cl)ccc1N. The monoisotopic (exact) mass is 290 g/mol. The van der Waals surface area contributed by atoms with Crippen LogP contribution in [0.15, 0.2) is 42.5 Å². The van der Waals surface area contributed by atoms with Crippen LogP contribution in [0.5, 0.6) is 5.75 Å². The summed E-state index contributed by atoms with van der Waals surface area (Å²) in [6.45, 7) is 0. The second-order valence-electron chi connectivity index (χ2n) is 4.50. The maximum absolute atomic E-state index is 12.2. The van der Waals surface area contributed by atoms with E-state index in [0.717, 1.165) is 5.56 Å². The topological polar surface area (TPSA) is 66.6 Å². The van der Waals surface area contributed by atoms with E-state index >= 15 is 0 Å². The van der Waals surface area contributed by atoms with E-state index in [2.05, 4.69) is 0 Å². The Balaban J connectivity index is 2.18. The van der Waals surface area contributed by atoms with Crippen LogP contribution in [-0.4, -0.2) is 18.1 Å². The molecule has 0 aliphatic heterocycles. The number of carbonyl (C=O) groups excluding carboxylic acids is 1. The van der Waals surface area contributed by atoms with Crippen molar-refractivity contribution in [2.45, 2.75) is 6.42 Å². The van der Waals surface area contributed by atoms with Gasteiger partial charge in [-0.2, -0.15) is 0 Å². The molecule has 0 unspecified atom stereocenters. The highest BCUT2D eigenvalue weighted by Crippen LogP contribution is 2.26. The van der Waals surface area contributed by atoms with Crippen molar-refractivity contribution in [3.63, 3.8) is 0 Å². The molecule has 0 saturated carbocycles. The van der Waals surface area contributed by atoms with Gasteiger partial charge in [0, 0.05) is 12.1 Å². The molecule has 20 heavy (non-hydrogen) atoms. The highest BCUT2D eigenvalue weighted by molar-refractivity contribution is 6.31. The van der Waals surface area contributed by atoms with E-state index in [9.17, 15) is 9.90 Å². The van der Waals surface area contributed by atoms with Gasteiger partial charge in [-0.3, -0.25) is 4.79 Å². The van der Waals surface area contributed by atoms with Crippen LogP contribution in [0.2, 0.25) is 5.02 Å². The molecule has 0 aromatic heterocycles. The van der Waals surface area contributed by atoms with Gasteiger partial charge in [-0.1, -0.05) is 23.7 Å². The summed E-state index contributed by atoms with van der Waals surface area (Å²) in [6.07, 6.45) is 0.177. The number of carbonyl (C=O) groups is 1. The van der Waals surface area contributed by atoms with Gasteiger partial charge in [-0.25, -0.2) is 0 Å². The van der Waals surface area contributed by atoms with Gasteiger partial charge in [0.1, 0.15) is 5.75 Å². The first-order chi connectivity index (χ1) is 9.47. The standard InChI is InChI=1S/C15H15ClN2O2/c1-18(14-9-11(16)5-6-13(14)17)15(20)8-10-3-2-4-12(19)7-10/h2-7,9,19H,8,17H2,1H3. The Morgan fingerprint density at radius 3 is 2.75 bits per heavy atom. The minimum absolute atomic E-state index is 0.135. The van der Waals surface area contributed by atoms with E-state index in [4.69, 9.17) is 17.3 Å². The van der Waals surface area contributed by atoms with Crippen LogP contribution in [0.1, 0.15) is 5.56 Å². The molecular weight excluding hydrogens is 276 g/mol. The highest BCUT2D eigenvalue weighted by atomic mass is 35.5. The van der Waals surface area contributed by atoms with E-state index in [1.165, 1.54) is 4.90 Å². The van der Waals surface area contributed by atoms with Crippen molar-refractivity contribution >= 4 is 28.9 Å². The van der Waals surface area contributed by atoms with Crippen LogP contribution in [0.3, 0.4) is 0 Å². The third-order valence-corrected chi connectivity index (χ3v) is 3.23. The molecule has 2 aromatic carbocycles. The summed E-state index contributed by atoms with van der Waals surface area (Å²) < 4.78 is 0. The van der Waals surface area contributed by atoms with Crippen molar-refractivity contribution in [1.29, 1.82) is 0 Å². The van der Waals surface area contributed by atoms with E-state index in [-0.39, 0.29) is 18.1 Å². The zero-order chi connectivity index (χ0) is 14.7. The normalized spacial score (nSPS) is 10.3. The van der Waals surface area contributed by atoms with Crippen LogP contribution in [0, 0.1) is 0 Å². The summed E-state index contributed by atoms with van der Waals surface area (Å²) in [4.78, 5) is 13.7. The Labute approximate surface area is 122 Å². The number of aromatic hydroxyl groups is 1. The number of hydrogen-bond donors (Lipinski definition) is 2. The van der Waals surface area contributed by atoms with Crippen molar-refractivity contribution in [1.82, 2.24) is 0 Å². The van der Waals surface area contributed by atoms with E-state index in [1.807, 2.05) is 0 Å². The number of benzene rings is 2. The molecule has 0 saturated heterocycles. The molecule has 0 spiro atoms. The molecule has 0 atom stereocenters. The average Bonchev–Trinajstić information content (AvgIpc) is 2.40. The third kappa shape index (κ3) is 3.22. The summed E-state index contributed by atoms with van der Waals surface area (Å²) >= 11 is 5.92. The fourth-order valence-corrected chi connectivity index (χ4v) is 2.07. The predicted octanol–water partition coefficient (Wildman–Crippen LogP) is 2.83. The zero-order valence-corrected chi connectivity index (χ0v) is 11.8. The van der Waals surface area contributed by atoms with Crippen LogP contribution in [-0.2, 0) is 11.2 Å². The molecule has 0 bridgehead atoms. The van der Waals surface area contributed by atoms with Gasteiger partial charge < -0.3 is 15.7 Å². The lowest BCUT2D eigenvalue weighted by atomic mass is 10.1. The number of rotatable bonds is 3. The molecule has 0 radical (unpaired) electrons. The molecule has 104 valence electrons. The van der Waals surface area contributed by atoms with Gasteiger partial charge in [0.2, 0.25) is 5.91 Å². The Bertz CT molecular complexity index is 644. The number of phenols is 1. The summed E-state index contributed by atoms with van der Waals surface area (Å²) in [5, 5.41) is 9.92. The first-order valence-corrected chi connectivity index (χ1v) is 6.44. The van der Waals surface area contributed by atoms with E-state index in [0.29, 0.717) is 16.4 Å². The van der Waals surface area contributed by atoms with Crippen molar-refractivity contribution in [2.75, 3.05) is 17.7 Å². The number of likely N-dealkylation sites (N-methyl/N-ethyl adjacent to an activating group) is 1. The summed E-state index contributed by atoms with van der Waals surface area (Å²) in [6, 6.07) is 11.6. The Hall–Kier alpha value is -2.20. The zero-order valence-electron chi connectivity index (χ0n) is 11.0. The molecule has 5 heteroatoms. The van der Waals surface area contributed by atoms with Gasteiger partial charge >= 0.3 is 0 Å². The second kappa shape index (κ2) is 5.84. The average molecular weight is 291 g/mol. The van der Waals surface area contributed by atoms with Gasteiger partial charge in [0.15, 0.2) is 0 Å². The van der Waals surface area contributed by atoms with E-state index in [1.54, 1.807) is 49.5 Å². The lowest BCUT2D eigenvalue weighted by Crippen LogP contribution is -2.28. The minimum Gasteiger partial charge on any atom is -0.508 e. The summed E-state index contributed by atoms with van der Waals surface area (Å²) in [5.74, 6) is 0.00443. The number of nitrogens with zero attached hydrogens (tertiary/aromatic N) is 1. The Morgan fingerprint density at radius 1 is 1.30 bits per heavy atom. The number of amides is 1. The van der Waals surface area contributed by atoms with Gasteiger partial charge in [0.05, 0.1) is 17.8 Å². The number of anilines is 2. The number of hydrogen-bond acceptors (Lipinski definition) is 3. The number of phenolic OH excluding ortho intramolecular Hbond substituents is 1. The Morgan fingerprint density at radius 2 is 2.05 bits per heavy atom. The number of halogens is 1. The molecule has 4 nitrogen and oxygen atoms in total. The quantitative estimate of drug-likeness (QED) is 0.854. The van der Waals surface area contributed by atoms with Crippen molar-refractivity contribution in [3.05, 3.63) is 53.1 Å². The van der Waals surface area contributed by atoms with Gasteiger partial charge in [-0.15, -0.1) is 0 Å². The summed E-state index contributed by atoms with van der Waals surface area (Å²) in [7, 11) is 1.65. The molecule has 2 aromatic rings. The molecule has 0 heterocycles. The third-order valence-electron chi connectivity index (χ3n) is 2.99. The predicted molar refractivity (Wildman–Crippen MR) is 81.1 cm³/mol. The molecule has 0 fully saturated rings. The summed E-state index contributed by atoms with van der Waals surface area (Å²) in [5.41, 5.74) is 7.65. The molecule has 1 amide bonds. The van der Waals surface area contributed by atoms with Crippen LogP contribution in [0.4, 0.5) is 11.4 Å². The largest absolute Gasteiger partial charge is 0.508 e.